The quantitative estimate of drug-likeness (QED) is 0.268. The maximum atomic E-state index is 3.63. The van der Waals surface area contributed by atoms with Crippen molar-refractivity contribution in [3.8, 4) is 0 Å². The van der Waals surface area contributed by atoms with Crippen LogP contribution >= 0.6 is 0 Å². The van der Waals surface area contributed by atoms with Crippen LogP contribution in [0, 0.1) is 0 Å². The predicted octanol–water partition coefficient (Wildman–Crippen LogP) is 0.411. The van der Waals surface area contributed by atoms with Crippen molar-refractivity contribution in [2.45, 2.75) is 38.8 Å². The Labute approximate surface area is 253 Å². The SMILES string of the molecule is [Cu].[Cu].c1cc(CN2CCCNCCNCCCNCC2)ccc1CN1CCCNCCNCCCNCC1. The van der Waals surface area contributed by atoms with Crippen molar-refractivity contribution in [3.63, 3.8) is 0 Å². The Bertz CT molecular complexity index is 569. The topological polar surface area (TPSA) is 78.7 Å². The van der Waals surface area contributed by atoms with Crippen molar-refractivity contribution in [3.05, 3.63) is 35.4 Å². The van der Waals surface area contributed by atoms with E-state index in [1.807, 2.05) is 0 Å². The van der Waals surface area contributed by atoms with E-state index in [9.17, 15) is 0 Å². The molecule has 38 heavy (non-hydrogen) atoms. The van der Waals surface area contributed by atoms with Crippen molar-refractivity contribution < 1.29 is 34.1 Å². The number of hydrogen-bond donors (Lipinski definition) is 6. The van der Waals surface area contributed by atoms with Gasteiger partial charge in [-0.2, -0.15) is 0 Å². The Hall–Kier alpha value is -0.0610. The molecule has 228 valence electrons. The Balaban J connectivity index is 0.00000361. The third kappa shape index (κ3) is 17.6. The van der Waals surface area contributed by atoms with Crippen molar-refractivity contribution >= 4 is 0 Å². The first-order valence-electron chi connectivity index (χ1n) is 14.7. The summed E-state index contributed by atoms with van der Waals surface area (Å²) >= 11 is 0. The molecule has 8 nitrogen and oxygen atoms in total. The number of benzene rings is 1. The Morgan fingerprint density at radius 1 is 0.395 bits per heavy atom. The first-order valence-corrected chi connectivity index (χ1v) is 14.7. The maximum absolute atomic E-state index is 3.63. The molecule has 0 spiro atoms. The van der Waals surface area contributed by atoms with Crippen LogP contribution in [0.1, 0.15) is 36.8 Å². The Morgan fingerprint density at radius 2 is 0.711 bits per heavy atom. The molecule has 0 bridgehead atoms. The van der Waals surface area contributed by atoms with Gasteiger partial charge in [-0.15, -0.1) is 0 Å². The Morgan fingerprint density at radius 3 is 1.08 bits per heavy atom. The second-order valence-electron chi connectivity index (χ2n) is 10.3. The monoisotopic (exact) mass is 628 g/mol. The van der Waals surface area contributed by atoms with Gasteiger partial charge < -0.3 is 31.9 Å². The van der Waals surface area contributed by atoms with Crippen LogP contribution < -0.4 is 31.9 Å². The average molecular weight is 630 g/mol. The molecule has 0 unspecified atom stereocenters. The summed E-state index contributed by atoms with van der Waals surface area (Å²) in [5.41, 5.74) is 2.86. The fraction of sp³-hybridized carbons (Fsp3) is 0.786. The van der Waals surface area contributed by atoms with E-state index in [0.29, 0.717) is 0 Å². The van der Waals surface area contributed by atoms with E-state index in [-0.39, 0.29) is 34.1 Å². The maximum Gasteiger partial charge on any atom is 0.0234 e. The average Bonchev–Trinajstić information content (AvgIpc) is 2.89. The fourth-order valence-corrected chi connectivity index (χ4v) is 4.92. The van der Waals surface area contributed by atoms with Crippen molar-refractivity contribution in [1.82, 2.24) is 41.7 Å². The van der Waals surface area contributed by atoms with Crippen LogP contribution in [-0.4, -0.2) is 115 Å². The summed E-state index contributed by atoms with van der Waals surface area (Å²) in [6, 6.07) is 9.42. The molecular weight excluding hydrogens is 575 g/mol. The predicted molar refractivity (Wildman–Crippen MR) is 153 cm³/mol. The summed E-state index contributed by atoms with van der Waals surface area (Å²) in [5, 5.41) is 21.4. The molecular formula is C28H54Cu2N8. The number of nitrogens with zero attached hydrogens (tertiary/aromatic N) is 2. The van der Waals surface area contributed by atoms with Gasteiger partial charge in [-0.3, -0.25) is 9.80 Å². The molecule has 3 rings (SSSR count). The molecule has 2 saturated heterocycles. The molecule has 0 aliphatic carbocycles. The first-order chi connectivity index (χ1) is 17.9. The van der Waals surface area contributed by atoms with E-state index in [1.165, 1.54) is 36.8 Å². The van der Waals surface area contributed by atoms with Gasteiger partial charge in [0.15, 0.2) is 0 Å². The number of rotatable bonds is 4. The molecule has 2 fully saturated rings. The zero-order chi connectivity index (χ0) is 24.9. The number of hydrogen-bond acceptors (Lipinski definition) is 8. The van der Waals surface area contributed by atoms with E-state index in [2.05, 4.69) is 66.0 Å². The molecule has 6 N–H and O–H groups in total. The standard InChI is InChI=1S/C28H54N8.2Cu/c1-9-29-15-17-31-13-3-21-35(23-19-33-11-1)25-27-5-7-28(8-6-27)26-36-22-4-14-32-18-16-30-10-2-12-34-20-24-36;;/h5-8,29-34H,1-4,9-26H2;;. The van der Waals surface area contributed by atoms with E-state index < -0.39 is 0 Å². The summed E-state index contributed by atoms with van der Waals surface area (Å²) < 4.78 is 0. The second-order valence-corrected chi connectivity index (χ2v) is 10.3. The van der Waals surface area contributed by atoms with E-state index in [1.54, 1.807) is 0 Å². The summed E-state index contributed by atoms with van der Waals surface area (Å²) in [6.07, 6.45) is 4.80. The van der Waals surface area contributed by atoms with E-state index in [0.717, 1.165) is 118 Å². The molecule has 0 amide bonds. The molecule has 2 radical (unpaired) electrons. The molecule has 0 saturated carbocycles. The molecule has 10 heteroatoms. The van der Waals surface area contributed by atoms with Crippen LogP contribution in [0.25, 0.3) is 0 Å². The van der Waals surface area contributed by atoms with Crippen LogP contribution in [0.5, 0.6) is 0 Å². The van der Waals surface area contributed by atoms with Crippen molar-refractivity contribution in [2.24, 2.45) is 0 Å². The largest absolute Gasteiger partial charge is 0.315 e. The van der Waals surface area contributed by atoms with Crippen molar-refractivity contribution in [1.29, 1.82) is 0 Å². The molecule has 2 aliphatic rings. The minimum absolute atomic E-state index is 0. The van der Waals surface area contributed by atoms with Gasteiger partial charge in [-0.25, -0.2) is 0 Å². The van der Waals surface area contributed by atoms with Gasteiger partial charge in [0.25, 0.3) is 0 Å². The van der Waals surface area contributed by atoms with Gasteiger partial charge in [0.2, 0.25) is 0 Å². The minimum atomic E-state index is 0. The normalized spacial score (nSPS) is 21.7. The summed E-state index contributed by atoms with van der Waals surface area (Å²) in [5.74, 6) is 0. The van der Waals surface area contributed by atoms with Gasteiger partial charge in [-0.05, 0) is 89.2 Å². The summed E-state index contributed by atoms with van der Waals surface area (Å²) in [4.78, 5) is 5.23. The molecule has 2 heterocycles. The molecule has 1 aromatic rings. The van der Waals surface area contributed by atoms with Gasteiger partial charge in [-0.1, -0.05) is 24.3 Å². The summed E-state index contributed by atoms with van der Waals surface area (Å²) in [7, 11) is 0. The third-order valence-electron chi connectivity index (χ3n) is 7.07. The zero-order valence-electron chi connectivity index (χ0n) is 23.4. The van der Waals surface area contributed by atoms with Crippen molar-refractivity contribution in [2.75, 3.05) is 105 Å². The first kappa shape index (κ1) is 36.0. The van der Waals surface area contributed by atoms with Crippen LogP contribution in [0.4, 0.5) is 0 Å². The molecule has 1 aromatic carbocycles. The van der Waals surface area contributed by atoms with Crippen LogP contribution in [-0.2, 0) is 47.2 Å². The third-order valence-corrected chi connectivity index (χ3v) is 7.07. The van der Waals surface area contributed by atoms with Crippen LogP contribution in [0.2, 0.25) is 0 Å². The summed E-state index contributed by atoms with van der Waals surface area (Å²) in [6.45, 7) is 19.6. The van der Waals surface area contributed by atoms with Gasteiger partial charge >= 0.3 is 0 Å². The van der Waals surface area contributed by atoms with Gasteiger partial charge in [0, 0.05) is 99.6 Å². The smallest absolute Gasteiger partial charge is 0.0234 e. The van der Waals surface area contributed by atoms with E-state index >= 15 is 0 Å². The molecule has 0 aromatic heterocycles. The second kappa shape index (κ2) is 24.7. The minimum Gasteiger partial charge on any atom is -0.315 e. The zero-order valence-corrected chi connectivity index (χ0v) is 25.2. The Kier molecular flexibility index (Phi) is 23.4. The van der Waals surface area contributed by atoms with Gasteiger partial charge in [0.05, 0.1) is 0 Å². The fourth-order valence-electron chi connectivity index (χ4n) is 4.92. The number of nitrogens with one attached hydrogen (secondary N) is 6. The molecule has 0 atom stereocenters. The van der Waals surface area contributed by atoms with Crippen LogP contribution in [0.3, 0.4) is 0 Å². The van der Waals surface area contributed by atoms with E-state index in [4.69, 9.17) is 0 Å². The molecule has 2 aliphatic heterocycles. The van der Waals surface area contributed by atoms with Crippen LogP contribution in [0.15, 0.2) is 24.3 Å². The van der Waals surface area contributed by atoms with Gasteiger partial charge in [0.1, 0.15) is 0 Å².